The predicted octanol–water partition coefficient (Wildman–Crippen LogP) is 2.70. The lowest BCUT2D eigenvalue weighted by atomic mass is 10.1. The van der Waals surface area contributed by atoms with Gasteiger partial charge in [-0.25, -0.2) is 0 Å². The molecule has 0 unspecified atom stereocenters. The molecule has 0 atom stereocenters. The van der Waals surface area contributed by atoms with Gasteiger partial charge in [-0.2, -0.15) is 4.98 Å². The Bertz CT molecular complexity index is 659. The first-order chi connectivity index (χ1) is 9.31. The number of benzene rings is 1. The Morgan fingerprint density at radius 1 is 1.11 bits per heavy atom. The van der Waals surface area contributed by atoms with E-state index in [1.807, 2.05) is 24.3 Å². The average Bonchev–Trinajstić information content (AvgIpc) is 3.07. The van der Waals surface area contributed by atoms with Crippen molar-refractivity contribution >= 4 is 5.69 Å². The summed E-state index contributed by atoms with van der Waals surface area (Å²) in [5.74, 6) is 1.68. The van der Waals surface area contributed by atoms with E-state index in [0.717, 1.165) is 17.7 Å². The van der Waals surface area contributed by atoms with Gasteiger partial charge in [-0.15, -0.1) is 0 Å². The zero-order chi connectivity index (χ0) is 13.1. The lowest BCUT2D eigenvalue weighted by Crippen LogP contribution is -1.93. The summed E-state index contributed by atoms with van der Waals surface area (Å²) >= 11 is 0. The third-order valence-electron chi connectivity index (χ3n) is 2.79. The molecule has 96 valence electrons. The van der Waals surface area contributed by atoms with Crippen LogP contribution in [-0.2, 0) is 12.8 Å². The Labute approximate surface area is 110 Å². The van der Waals surface area contributed by atoms with Crippen molar-refractivity contribution in [2.24, 2.45) is 0 Å². The Morgan fingerprint density at radius 3 is 2.84 bits per heavy atom. The van der Waals surface area contributed by atoms with Crippen LogP contribution >= 0.6 is 0 Å². The highest BCUT2D eigenvalue weighted by molar-refractivity contribution is 5.44. The maximum atomic E-state index is 5.73. The molecule has 0 spiro atoms. The fourth-order valence-corrected chi connectivity index (χ4v) is 1.86. The van der Waals surface area contributed by atoms with E-state index in [-0.39, 0.29) is 0 Å². The monoisotopic (exact) mass is 255 g/mol. The molecule has 5 nitrogen and oxygen atoms in total. The fraction of sp³-hybridized carbons (Fsp3) is 0.143. The standard InChI is InChI=1S/C14H13N3O2/c15-11-4-1-3-10(9-11)6-7-13-16-14(17-19-13)12-5-2-8-18-12/h1-5,8-9H,6-7,15H2. The molecular weight excluding hydrogens is 242 g/mol. The zero-order valence-electron chi connectivity index (χ0n) is 10.2. The summed E-state index contributed by atoms with van der Waals surface area (Å²) in [6.45, 7) is 0. The summed E-state index contributed by atoms with van der Waals surface area (Å²) in [5.41, 5.74) is 7.65. The molecule has 3 aromatic rings. The van der Waals surface area contributed by atoms with E-state index in [2.05, 4.69) is 10.1 Å². The fourth-order valence-electron chi connectivity index (χ4n) is 1.86. The van der Waals surface area contributed by atoms with Crippen LogP contribution in [0.2, 0.25) is 0 Å². The van der Waals surface area contributed by atoms with Crippen LogP contribution in [0.15, 0.2) is 51.6 Å². The van der Waals surface area contributed by atoms with E-state index in [1.165, 1.54) is 0 Å². The van der Waals surface area contributed by atoms with Crippen molar-refractivity contribution in [3.63, 3.8) is 0 Å². The number of furan rings is 1. The maximum Gasteiger partial charge on any atom is 0.238 e. The van der Waals surface area contributed by atoms with Gasteiger partial charge < -0.3 is 14.7 Å². The molecule has 2 heterocycles. The summed E-state index contributed by atoms with van der Waals surface area (Å²) in [6.07, 6.45) is 3.07. The second-order valence-corrected chi connectivity index (χ2v) is 4.23. The molecule has 2 aromatic heterocycles. The molecule has 1 aromatic carbocycles. The topological polar surface area (TPSA) is 78.1 Å². The highest BCUT2D eigenvalue weighted by atomic mass is 16.5. The van der Waals surface area contributed by atoms with Crippen molar-refractivity contribution in [1.82, 2.24) is 10.1 Å². The second-order valence-electron chi connectivity index (χ2n) is 4.23. The summed E-state index contributed by atoms with van der Waals surface area (Å²) in [7, 11) is 0. The number of nitrogen functional groups attached to an aromatic ring is 1. The number of aryl methyl sites for hydroxylation is 2. The van der Waals surface area contributed by atoms with Crippen LogP contribution in [0, 0.1) is 0 Å². The van der Waals surface area contributed by atoms with Gasteiger partial charge in [0.2, 0.25) is 11.7 Å². The van der Waals surface area contributed by atoms with Crippen molar-refractivity contribution in [2.75, 3.05) is 5.73 Å². The van der Waals surface area contributed by atoms with Gasteiger partial charge in [-0.3, -0.25) is 0 Å². The van der Waals surface area contributed by atoms with Gasteiger partial charge in [0, 0.05) is 12.1 Å². The first-order valence-electron chi connectivity index (χ1n) is 6.02. The van der Waals surface area contributed by atoms with Crippen molar-refractivity contribution in [3.05, 3.63) is 54.1 Å². The SMILES string of the molecule is Nc1cccc(CCc2nc(-c3ccco3)no2)c1. The van der Waals surface area contributed by atoms with Crippen LogP contribution in [0.1, 0.15) is 11.5 Å². The Morgan fingerprint density at radius 2 is 2.05 bits per heavy atom. The van der Waals surface area contributed by atoms with Crippen LogP contribution in [0.25, 0.3) is 11.6 Å². The average molecular weight is 255 g/mol. The van der Waals surface area contributed by atoms with Crippen molar-refractivity contribution < 1.29 is 8.94 Å². The molecule has 0 aliphatic rings. The summed E-state index contributed by atoms with van der Waals surface area (Å²) in [6, 6.07) is 11.4. The number of hydrogen-bond acceptors (Lipinski definition) is 5. The highest BCUT2D eigenvalue weighted by Gasteiger charge is 2.10. The molecule has 5 heteroatoms. The number of anilines is 1. The number of rotatable bonds is 4. The molecule has 0 amide bonds. The van der Waals surface area contributed by atoms with Crippen LogP contribution in [0.4, 0.5) is 5.69 Å². The first-order valence-corrected chi connectivity index (χ1v) is 6.02. The van der Waals surface area contributed by atoms with Gasteiger partial charge in [0.05, 0.1) is 6.26 Å². The third kappa shape index (κ3) is 2.65. The number of hydrogen-bond donors (Lipinski definition) is 1. The molecule has 0 radical (unpaired) electrons. The molecule has 0 aliphatic heterocycles. The molecule has 0 saturated heterocycles. The predicted molar refractivity (Wildman–Crippen MR) is 70.3 cm³/mol. The first kappa shape index (κ1) is 11.5. The Balaban J connectivity index is 1.68. The summed E-state index contributed by atoms with van der Waals surface area (Å²) in [4.78, 5) is 4.29. The highest BCUT2D eigenvalue weighted by Crippen LogP contribution is 2.16. The quantitative estimate of drug-likeness (QED) is 0.725. The molecule has 0 aliphatic carbocycles. The molecule has 3 rings (SSSR count). The third-order valence-corrected chi connectivity index (χ3v) is 2.79. The number of nitrogens with zero attached hydrogens (tertiary/aromatic N) is 2. The van der Waals surface area contributed by atoms with Crippen molar-refractivity contribution in [1.29, 1.82) is 0 Å². The number of nitrogens with two attached hydrogens (primary N) is 1. The molecule has 0 fully saturated rings. The summed E-state index contributed by atoms with van der Waals surface area (Å²) in [5, 5.41) is 3.88. The van der Waals surface area contributed by atoms with Crippen molar-refractivity contribution in [2.45, 2.75) is 12.8 Å². The maximum absolute atomic E-state index is 5.73. The smallest absolute Gasteiger partial charge is 0.238 e. The minimum atomic E-state index is 0.479. The van der Waals surface area contributed by atoms with Gasteiger partial charge in [-0.1, -0.05) is 17.3 Å². The van der Waals surface area contributed by atoms with Gasteiger partial charge in [0.15, 0.2) is 5.76 Å². The van der Waals surface area contributed by atoms with Crippen LogP contribution in [-0.4, -0.2) is 10.1 Å². The second kappa shape index (κ2) is 4.97. The van der Waals surface area contributed by atoms with Crippen LogP contribution < -0.4 is 5.73 Å². The summed E-state index contributed by atoms with van der Waals surface area (Å²) < 4.78 is 10.4. The van der Waals surface area contributed by atoms with E-state index >= 15 is 0 Å². The molecular formula is C14H13N3O2. The van der Waals surface area contributed by atoms with Crippen LogP contribution in [0.5, 0.6) is 0 Å². The van der Waals surface area contributed by atoms with E-state index < -0.39 is 0 Å². The Hall–Kier alpha value is -2.56. The molecule has 0 saturated carbocycles. The van der Waals surface area contributed by atoms with Gasteiger partial charge in [0.25, 0.3) is 0 Å². The van der Waals surface area contributed by atoms with E-state index in [4.69, 9.17) is 14.7 Å². The largest absolute Gasteiger partial charge is 0.461 e. The van der Waals surface area contributed by atoms with Crippen molar-refractivity contribution in [3.8, 4) is 11.6 Å². The van der Waals surface area contributed by atoms with E-state index in [0.29, 0.717) is 23.9 Å². The minimum Gasteiger partial charge on any atom is -0.461 e. The van der Waals surface area contributed by atoms with Gasteiger partial charge in [0.1, 0.15) is 0 Å². The number of aromatic nitrogens is 2. The van der Waals surface area contributed by atoms with E-state index in [9.17, 15) is 0 Å². The lowest BCUT2D eigenvalue weighted by molar-refractivity contribution is 0.377. The lowest BCUT2D eigenvalue weighted by Gasteiger charge is -1.99. The molecule has 19 heavy (non-hydrogen) atoms. The van der Waals surface area contributed by atoms with Gasteiger partial charge >= 0.3 is 0 Å². The minimum absolute atomic E-state index is 0.479. The zero-order valence-corrected chi connectivity index (χ0v) is 10.2. The normalized spacial score (nSPS) is 10.7. The van der Waals surface area contributed by atoms with Crippen LogP contribution in [0.3, 0.4) is 0 Å². The Kier molecular flexibility index (Phi) is 3.02. The van der Waals surface area contributed by atoms with E-state index in [1.54, 1.807) is 18.4 Å². The molecule has 2 N–H and O–H groups in total. The molecule has 0 bridgehead atoms. The van der Waals surface area contributed by atoms with Gasteiger partial charge in [-0.05, 0) is 36.2 Å².